The largest absolute Gasteiger partial charge is 0.493 e. The van der Waals surface area contributed by atoms with Gasteiger partial charge in [0, 0.05) is 18.3 Å². The fraction of sp³-hybridized carbons (Fsp3) is 0.533. The highest BCUT2D eigenvalue weighted by molar-refractivity contribution is 8.00. The average molecular weight is 310 g/mol. The highest BCUT2D eigenvalue weighted by Gasteiger charge is 2.16. The van der Waals surface area contributed by atoms with E-state index in [0.29, 0.717) is 23.3 Å². The van der Waals surface area contributed by atoms with E-state index in [1.54, 1.807) is 14.2 Å². The van der Waals surface area contributed by atoms with Gasteiger partial charge in [0.25, 0.3) is 0 Å². The highest BCUT2D eigenvalue weighted by Crippen LogP contribution is 2.27. The predicted octanol–water partition coefficient (Wildman–Crippen LogP) is 2.40. The van der Waals surface area contributed by atoms with Crippen molar-refractivity contribution in [3.8, 4) is 11.5 Å². The number of carbonyl (C=O) groups excluding carboxylic acids is 1. The summed E-state index contributed by atoms with van der Waals surface area (Å²) in [5.41, 5.74) is 0.970. The zero-order valence-electron chi connectivity index (χ0n) is 12.5. The van der Waals surface area contributed by atoms with Gasteiger partial charge in [-0.05, 0) is 36.3 Å². The third kappa shape index (κ3) is 4.74. The first-order chi connectivity index (χ1) is 10.2. The van der Waals surface area contributed by atoms with E-state index in [9.17, 15) is 4.79 Å². The van der Waals surface area contributed by atoms with Gasteiger partial charge in [-0.3, -0.25) is 0 Å². The van der Waals surface area contributed by atoms with Crippen LogP contribution in [-0.4, -0.2) is 37.8 Å². The van der Waals surface area contributed by atoms with Crippen molar-refractivity contribution >= 4 is 17.8 Å². The minimum atomic E-state index is -0.128. The molecular weight excluding hydrogens is 288 g/mol. The van der Waals surface area contributed by atoms with Crippen LogP contribution in [0.25, 0.3) is 0 Å². The molecule has 0 bridgehead atoms. The normalized spacial score (nSPS) is 17.3. The van der Waals surface area contributed by atoms with Crippen LogP contribution in [-0.2, 0) is 6.54 Å². The van der Waals surface area contributed by atoms with Gasteiger partial charge in [0.15, 0.2) is 11.5 Å². The first kappa shape index (κ1) is 15.8. The van der Waals surface area contributed by atoms with Crippen LogP contribution in [0.4, 0.5) is 4.79 Å². The lowest BCUT2D eigenvalue weighted by Gasteiger charge is -2.12. The third-order valence-corrected chi connectivity index (χ3v) is 4.81. The van der Waals surface area contributed by atoms with Crippen LogP contribution in [0.5, 0.6) is 11.5 Å². The molecule has 0 saturated carbocycles. The number of benzene rings is 1. The summed E-state index contributed by atoms with van der Waals surface area (Å²) in [5.74, 6) is 2.56. The SMILES string of the molecule is COc1ccc(CNC(=O)NC[C@@H]2CCCS2)cc1OC. The number of nitrogens with one attached hydrogen (secondary N) is 2. The molecule has 6 heteroatoms. The Balaban J connectivity index is 1.77. The Labute approximate surface area is 129 Å². The summed E-state index contributed by atoms with van der Waals surface area (Å²) in [6.07, 6.45) is 2.45. The van der Waals surface area contributed by atoms with Gasteiger partial charge < -0.3 is 20.1 Å². The smallest absolute Gasteiger partial charge is 0.315 e. The number of rotatable bonds is 6. The molecule has 0 unspecified atom stereocenters. The van der Waals surface area contributed by atoms with Gasteiger partial charge in [0.05, 0.1) is 14.2 Å². The quantitative estimate of drug-likeness (QED) is 0.847. The molecule has 2 rings (SSSR count). The Hall–Kier alpha value is -1.56. The summed E-state index contributed by atoms with van der Waals surface area (Å²) >= 11 is 1.93. The number of hydrogen-bond acceptors (Lipinski definition) is 4. The van der Waals surface area contributed by atoms with Crippen LogP contribution in [0.1, 0.15) is 18.4 Å². The Morgan fingerprint density at radius 1 is 1.29 bits per heavy atom. The monoisotopic (exact) mass is 310 g/mol. The number of methoxy groups -OCH3 is 2. The molecule has 0 spiro atoms. The summed E-state index contributed by atoms with van der Waals surface area (Å²) in [6.45, 7) is 1.20. The standard InChI is InChI=1S/C15H22N2O3S/c1-19-13-6-5-11(8-14(13)20-2)9-16-15(18)17-10-12-4-3-7-21-12/h5-6,8,12H,3-4,7,9-10H2,1-2H3,(H2,16,17,18)/t12-/m0/s1. The van der Waals surface area contributed by atoms with Crippen LogP contribution < -0.4 is 20.1 Å². The van der Waals surface area contributed by atoms with Crippen LogP contribution in [0.2, 0.25) is 0 Å². The first-order valence-corrected chi connectivity index (χ1v) is 8.12. The van der Waals surface area contributed by atoms with Gasteiger partial charge in [-0.15, -0.1) is 0 Å². The molecule has 2 amide bonds. The summed E-state index contributed by atoms with van der Waals surface area (Å²) in [4.78, 5) is 11.8. The maximum Gasteiger partial charge on any atom is 0.315 e. The van der Waals surface area contributed by atoms with Crippen LogP contribution in [0.3, 0.4) is 0 Å². The van der Waals surface area contributed by atoms with Gasteiger partial charge in [-0.25, -0.2) is 4.79 Å². The molecule has 1 heterocycles. The fourth-order valence-corrected chi connectivity index (χ4v) is 3.45. The topological polar surface area (TPSA) is 59.6 Å². The second kappa shape index (κ2) is 8.02. The molecule has 1 aliphatic rings. The molecule has 21 heavy (non-hydrogen) atoms. The molecule has 0 radical (unpaired) electrons. The molecule has 1 atom stereocenters. The summed E-state index contributed by atoms with van der Waals surface area (Å²) < 4.78 is 10.4. The summed E-state index contributed by atoms with van der Waals surface area (Å²) in [6, 6.07) is 5.49. The third-order valence-electron chi connectivity index (χ3n) is 3.42. The van der Waals surface area contributed by atoms with E-state index in [4.69, 9.17) is 9.47 Å². The number of amides is 2. The van der Waals surface area contributed by atoms with Gasteiger partial charge in [-0.2, -0.15) is 11.8 Å². The molecule has 1 saturated heterocycles. The van der Waals surface area contributed by atoms with Crippen molar-refractivity contribution in [2.45, 2.75) is 24.6 Å². The maximum absolute atomic E-state index is 11.8. The molecular formula is C15H22N2O3S. The fourth-order valence-electron chi connectivity index (χ4n) is 2.25. The van der Waals surface area contributed by atoms with Crippen molar-refractivity contribution in [1.82, 2.24) is 10.6 Å². The minimum absolute atomic E-state index is 0.128. The Morgan fingerprint density at radius 3 is 2.76 bits per heavy atom. The van der Waals surface area contributed by atoms with Gasteiger partial charge in [0.1, 0.15) is 0 Å². The van der Waals surface area contributed by atoms with E-state index < -0.39 is 0 Å². The van der Waals surface area contributed by atoms with Crippen molar-refractivity contribution in [3.05, 3.63) is 23.8 Å². The Morgan fingerprint density at radius 2 is 2.10 bits per heavy atom. The predicted molar refractivity (Wildman–Crippen MR) is 85.3 cm³/mol. The van der Waals surface area contributed by atoms with E-state index in [1.165, 1.54) is 18.6 Å². The molecule has 1 aromatic rings. The number of thioether (sulfide) groups is 1. The van der Waals surface area contributed by atoms with E-state index >= 15 is 0 Å². The van der Waals surface area contributed by atoms with Gasteiger partial charge in [-0.1, -0.05) is 6.07 Å². The Bertz CT molecular complexity index is 476. The summed E-state index contributed by atoms with van der Waals surface area (Å²) in [5, 5.41) is 6.34. The number of urea groups is 1. The molecule has 2 N–H and O–H groups in total. The Kier molecular flexibility index (Phi) is 6.04. The number of hydrogen-bond donors (Lipinski definition) is 2. The van der Waals surface area contributed by atoms with E-state index in [1.807, 2.05) is 30.0 Å². The van der Waals surface area contributed by atoms with Crippen molar-refractivity contribution in [2.75, 3.05) is 26.5 Å². The average Bonchev–Trinajstić information content (AvgIpc) is 3.04. The zero-order valence-corrected chi connectivity index (χ0v) is 13.3. The molecule has 5 nitrogen and oxygen atoms in total. The highest BCUT2D eigenvalue weighted by atomic mass is 32.2. The molecule has 1 fully saturated rings. The van der Waals surface area contributed by atoms with E-state index in [0.717, 1.165) is 12.1 Å². The lowest BCUT2D eigenvalue weighted by atomic mass is 10.2. The molecule has 116 valence electrons. The summed E-state index contributed by atoms with van der Waals surface area (Å²) in [7, 11) is 3.20. The second-order valence-corrected chi connectivity index (χ2v) is 6.30. The van der Waals surface area contributed by atoms with Gasteiger partial charge >= 0.3 is 6.03 Å². The lowest BCUT2D eigenvalue weighted by Crippen LogP contribution is -2.38. The van der Waals surface area contributed by atoms with Crippen LogP contribution >= 0.6 is 11.8 Å². The van der Waals surface area contributed by atoms with E-state index in [2.05, 4.69) is 10.6 Å². The minimum Gasteiger partial charge on any atom is -0.493 e. The molecule has 0 aliphatic carbocycles. The number of carbonyl (C=O) groups is 1. The number of ether oxygens (including phenoxy) is 2. The van der Waals surface area contributed by atoms with Gasteiger partial charge in [0.2, 0.25) is 0 Å². The molecule has 0 aromatic heterocycles. The lowest BCUT2D eigenvalue weighted by molar-refractivity contribution is 0.240. The molecule has 1 aliphatic heterocycles. The van der Waals surface area contributed by atoms with Crippen molar-refractivity contribution in [1.29, 1.82) is 0 Å². The second-order valence-electron chi connectivity index (χ2n) is 4.89. The van der Waals surface area contributed by atoms with Crippen molar-refractivity contribution < 1.29 is 14.3 Å². The van der Waals surface area contributed by atoms with Crippen molar-refractivity contribution in [3.63, 3.8) is 0 Å². The van der Waals surface area contributed by atoms with E-state index in [-0.39, 0.29) is 6.03 Å². The van der Waals surface area contributed by atoms with Crippen LogP contribution in [0.15, 0.2) is 18.2 Å². The molecule has 1 aromatic carbocycles. The zero-order chi connectivity index (χ0) is 15.1. The van der Waals surface area contributed by atoms with Crippen molar-refractivity contribution in [2.24, 2.45) is 0 Å². The van der Waals surface area contributed by atoms with Crippen LogP contribution in [0, 0.1) is 0 Å². The first-order valence-electron chi connectivity index (χ1n) is 7.07. The maximum atomic E-state index is 11.8.